The van der Waals surface area contributed by atoms with Gasteiger partial charge in [0.1, 0.15) is 0 Å². The largest absolute Gasteiger partial charge is 0.341 e. The molecule has 0 saturated carbocycles. The first kappa shape index (κ1) is 9.97. The van der Waals surface area contributed by atoms with Crippen LogP contribution in [0.2, 0.25) is 0 Å². The van der Waals surface area contributed by atoms with Crippen molar-refractivity contribution in [1.82, 2.24) is 10.2 Å². The van der Waals surface area contributed by atoms with Crippen molar-refractivity contribution in [2.24, 2.45) is 11.8 Å². The van der Waals surface area contributed by atoms with E-state index in [-0.39, 0.29) is 0 Å². The van der Waals surface area contributed by atoms with Crippen LogP contribution in [-0.2, 0) is 4.79 Å². The van der Waals surface area contributed by atoms with Gasteiger partial charge in [-0.05, 0) is 18.3 Å². The molecule has 2 atom stereocenters. The third kappa shape index (κ3) is 2.08. The molecule has 3 nitrogen and oxygen atoms in total. The molecule has 3 heteroatoms. The third-order valence-corrected chi connectivity index (χ3v) is 3.17. The number of carbonyl (C=O) groups excluding carboxylic acids is 1. The average molecular weight is 196 g/mol. The number of hydrogen-bond donors (Lipinski definition) is 1. The van der Waals surface area contributed by atoms with Gasteiger partial charge in [-0.2, -0.15) is 0 Å². The van der Waals surface area contributed by atoms with Crippen LogP contribution in [0, 0.1) is 11.8 Å². The van der Waals surface area contributed by atoms with Gasteiger partial charge in [0.25, 0.3) is 0 Å². The molecule has 2 aliphatic rings. The fourth-order valence-corrected chi connectivity index (χ4v) is 2.51. The van der Waals surface area contributed by atoms with E-state index in [9.17, 15) is 4.79 Å². The highest BCUT2D eigenvalue weighted by Gasteiger charge is 2.34. The zero-order valence-corrected chi connectivity index (χ0v) is 9.12. The van der Waals surface area contributed by atoms with Crippen molar-refractivity contribution in [3.63, 3.8) is 0 Å². The van der Waals surface area contributed by atoms with E-state index in [1.54, 1.807) is 0 Å². The van der Waals surface area contributed by atoms with Gasteiger partial charge in [0.15, 0.2) is 0 Å². The molecule has 1 amide bonds. The lowest BCUT2D eigenvalue weighted by molar-refractivity contribution is -0.133. The zero-order chi connectivity index (χ0) is 10.1. The Kier molecular flexibility index (Phi) is 2.77. The Bertz CT molecular complexity index is 215. The van der Waals surface area contributed by atoms with Crippen molar-refractivity contribution in [3.05, 3.63) is 0 Å². The first-order valence-corrected chi connectivity index (χ1v) is 5.66. The van der Waals surface area contributed by atoms with Crippen molar-refractivity contribution < 1.29 is 4.79 Å². The van der Waals surface area contributed by atoms with Crippen LogP contribution < -0.4 is 5.32 Å². The van der Waals surface area contributed by atoms with Gasteiger partial charge in [0.05, 0.1) is 0 Å². The molecule has 0 radical (unpaired) electrons. The number of amides is 1. The average Bonchev–Trinajstić information content (AvgIpc) is 2.44. The van der Waals surface area contributed by atoms with E-state index in [2.05, 4.69) is 24.1 Å². The molecule has 80 valence electrons. The molecule has 2 fully saturated rings. The van der Waals surface area contributed by atoms with Crippen molar-refractivity contribution >= 4 is 5.91 Å². The predicted molar refractivity (Wildman–Crippen MR) is 55.9 cm³/mol. The Morgan fingerprint density at radius 1 is 1.50 bits per heavy atom. The smallest absolute Gasteiger partial charge is 0.222 e. The third-order valence-electron chi connectivity index (χ3n) is 3.17. The number of piperidine rings is 1. The first-order valence-electron chi connectivity index (χ1n) is 5.66. The van der Waals surface area contributed by atoms with Crippen LogP contribution >= 0.6 is 0 Å². The molecule has 0 aromatic carbocycles. The number of carbonyl (C=O) groups is 1. The summed E-state index contributed by atoms with van der Waals surface area (Å²) in [6.45, 7) is 7.23. The molecule has 2 saturated heterocycles. The molecule has 2 bridgehead atoms. The van der Waals surface area contributed by atoms with Crippen LogP contribution in [0.5, 0.6) is 0 Å². The van der Waals surface area contributed by atoms with E-state index in [0.29, 0.717) is 30.2 Å². The van der Waals surface area contributed by atoms with Gasteiger partial charge in [0, 0.05) is 32.1 Å². The van der Waals surface area contributed by atoms with Gasteiger partial charge in [-0.15, -0.1) is 0 Å². The summed E-state index contributed by atoms with van der Waals surface area (Å²) < 4.78 is 0. The number of nitrogens with zero attached hydrogens (tertiary/aromatic N) is 1. The Morgan fingerprint density at radius 3 is 2.93 bits per heavy atom. The Morgan fingerprint density at radius 2 is 2.29 bits per heavy atom. The quantitative estimate of drug-likeness (QED) is 0.710. The maximum atomic E-state index is 11.8. The summed E-state index contributed by atoms with van der Waals surface area (Å²) >= 11 is 0. The summed E-state index contributed by atoms with van der Waals surface area (Å²) in [7, 11) is 0. The monoisotopic (exact) mass is 196 g/mol. The summed E-state index contributed by atoms with van der Waals surface area (Å²) in [6.07, 6.45) is 1.98. The molecular weight excluding hydrogens is 176 g/mol. The molecule has 2 heterocycles. The molecule has 2 rings (SSSR count). The van der Waals surface area contributed by atoms with E-state index < -0.39 is 0 Å². The highest BCUT2D eigenvalue weighted by atomic mass is 16.2. The van der Waals surface area contributed by atoms with Crippen LogP contribution in [0.25, 0.3) is 0 Å². The van der Waals surface area contributed by atoms with Gasteiger partial charge >= 0.3 is 0 Å². The number of fused-ring (bicyclic) bond motifs is 2. The number of likely N-dealkylation sites (tertiary alicyclic amines) is 1. The second kappa shape index (κ2) is 3.89. The van der Waals surface area contributed by atoms with Crippen molar-refractivity contribution in [3.8, 4) is 0 Å². The highest BCUT2D eigenvalue weighted by molar-refractivity contribution is 5.76. The number of nitrogens with one attached hydrogen (secondary N) is 1. The molecule has 14 heavy (non-hydrogen) atoms. The lowest BCUT2D eigenvalue weighted by Gasteiger charge is -2.31. The standard InChI is InChI=1S/C11H20N2O/c1-8(2)3-11(14)13-6-9-4-10(7-13)12-5-9/h8-10,12H,3-7H2,1-2H3. The summed E-state index contributed by atoms with van der Waals surface area (Å²) in [5, 5.41) is 3.46. The molecule has 0 aromatic heterocycles. The van der Waals surface area contributed by atoms with Gasteiger partial charge in [-0.1, -0.05) is 13.8 Å². The summed E-state index contributed by atoms with van der Waals surface area (Å²) in [5.41, 5.74) is 0. The minimum Gasteiger partial charge on any atom is -0.341 e. The molecular formula is C11H20N2O. The fourth-order valence-electron chi connectivity index (χ4n) is 2.51. The van der Waals surface area contributed by atoms with Gasteiger partial charge < -0.3 is 10.2 Å². The van der Waals surface area contributed by atoms with Crippen molar-refractivity contribution in [1.29, 1.82) is 0 Å². The lowest BCUT2D eigenvalue weighted by Crippen LogP contribution is -2.44. The van der Waals surface area contributed by atoms with E-state index in [1.807, 2.05) is 0 Å². The number of rotatable bonds is 2. The second-order valence-electron chi connectivity index (χ2n) is 5.10. The number of hydrogen-bond acceptors (Lipinski definition) is 2. The van der Waals surface area contributed by atoms with E-state index >= 15 is 0 Å². The summed E-state index contributed by atoms with van der Waals surface area (Å²) in [4.78, 5) is 13.9. The second-order valence-corrected chi connectivity index (χ2v) is 5.10. The van der Waals surface area contributed by atoms with E-state index in [0.717, 1.165) is 19.6 Å². The normalized spacial score (nSPS) is 31.2. The molecule has 2 unspecified atom stereocenters. The van der Waals surface area contributed by atoms with Crippen LogP contribution in [0.1, 0.15) is 26.7 Å². The van der Waals surface area contributed by atoms with E-state index in [4.69, 9.17) is 0 Å². The Labute approximate surface area is 85.8 Å². The Balaban J connectivity index is 1.89. The van der Waals surface area contributed by atoms with Crippen LogP contribution in [0.4, 0.5) is 0 Å². The minimum atomic E-state index is 0.346. The molecule has 0 aliphatic carbocycles. The van der Waals surface area contributed by atoms with Crippen molar-refractivity contribution in [2.75, 3.05) is 19.6 Å². The topological polar surface area (TPSA) is 32.3 Å². The zero-order valence-electron chi connectivity index (χ0n) is 9.12. The predicted octanol–water partition coefficient (Wildman–Crippen LogP) is 0.853. The fraction of sp³-hybridized carbons (Fsp3) is 0.909. The summed E-state index contributed by atoms with van der Waals surface area (Å²) in [6, 6.07) is 0.574. The SMILES string of the molecule is CC(C)CC(=O)N1CC2CNC(C2)C1. The van der Waals surface area contributed by atoms with Crippen LogP contribution in [0.15, 0.2) is 0 Å². The van der Waals surface area contributed by atoms with Crippen LogP contribution in [-0.4, -0.2) is 36.5 Å². The highest BCUT2D eigenvalue weighted by Crippen LogP contribution is 2.23. The first-order chi connectivity index (χ1) is 6.65. The molecule has 2 aliphatic heterocycles. The Hall–Kier alpha value is -0.570. The molecule has 0 aromatic rings. The maximum Gasteiger partial charge on any atom is 0.222 e. The van der Waals surface area contributed by atoms with Crippen LogP contribution in [0.3, 0.4) is 0 Å². The lowest BCUT2D eigenvalue weighted by atomic mass is 9.99. The van der Waals surface area contributed by atoms with E-state index in [1.165, 1.54) is 6.42 Å². The van der Waals surface area contributed by atoms with Gasteiger partial charge in [0.2, 0.25) is 5.91 Å². The molecule has 0 spiro atoms. The minimum absolute atomic E-state index is 0.346. The maximum absolute atomic E-state index is 11.8. The van der Waals surface area contributed by atoms with Crippen molar-refractivity contribution in [2.45, 2.75) is 32.7 Å². The van der Waals surface area contributed by atoms with Gasteiger partial charge in [-0.25, -0.2) is 0 Å². The molecule has 1 N–H and O–H groups in total. The van der Waals surface area contributed by atoms with Gasteiger partial charge in [-0.3, -0.25) is 4.79 Å². The summed E-state index contributed by atoms with van der Waals surface area (Å²) in [5.74, 6) is 1.54.